The first kappa shape index (κ1) is 18.9. The molecule has 0 radical (unpaired) electrons. The molecule has 1 aliphatic rings. The Morgan fingerprint density at radius 1 is 1.22 bits per heavy atom. The topological polar surface area (TPSA) is 91.3 Å². The highest BCUT2D eigenvalue weighted by molar-refractivity contribution is 5.93. The second-order valence-corrected chi connectivity index (χ2v) is 7.27. The molecule has 3 N–H and O–H groups in total. The number of carboxylic acid groups (broad SMARTS) is 1. The molecule has 0 saturated heterocycles. The van der Waals surface area contributed by atoms with Gasteiger partial charge in [-0.3, -0.25) is 4.98 Å². The van der Waals surface area contributed by atoms with Gasteiger partial charge in [-0.1, -0.05) is 26.0 Å². The van der Waals surface area contributed by atoms with Gasteiger partial charge in [-0.2, -0.15) is 0 Å². The molecule has 27 heavy (non-hydrogen) atoms. The van der Waals surface area contributed by atoms with Gasteiger partial charge in [-0.05, 0) is 59.6 Å². The molecule has 0 saturated carbocycles. The number of urea groups is 1. The summed E-state index contributed by atoms with van der Waals surface area (Å²) >= 11 is 0. The van der Waals surface area contributed by atoms with Gasteiger partial charge in [0.15, 0.2) is 0 Å². The smallest absolute Gasteiger partial charge is 0.326 e. The van der Waals surface area contributed by atoms with E-state index in [9.17, 15) is 14.7 Å². The van der Waals surface area contributed by atoms with Crippen LogP contribution in [0, 0.1) is 0 Å². The number of anilines is 1. The van der Waals surface area contributed by atoms with E-state index in [1.54, 1.807) is 24.5 Å². The SMILES string of the molecule is CC(C)c1cc2c(cc1NC(=O)NC(Cc1cccnc1)C(=O)O)CCC2. The van der Waals surface area contributed by atoms with Crippen molar-refractivity contribution in [2.24, 2.45) is 0 Å². The number of aromatic nitrogens is 1. The fraction of sp³-hybridized carbons (Fsp3) is 0.381. The molecular weight excluding hydrogens is 342 g/mol. The van der Waals surface area contributed by atoms with Crippen LogP contribution in [0.1, 0.15) is 48.4 Å². The molecule has 1 aliphatic carbocycles. The Morgan fingerprint density at radius 3 is 2.59 bits per heavy atom. The Bertz CT molecular complexity index is 834. The molecule has 1 aromatic carbocycles. The average molecular weight is 367 g/mol. The molecule has 0 fully saturated rings. The van der Waals surface area contributed by atoms with Crippen LogP contribution in [0.15, 0.2) is 36.7 Å². The maximum absolute atomic E-state index is 12.5. The van der Waals surface area contributed by atoms with Crippen molar-refractivity contribution in [1.29, 1.82) is 0 Å². The van der Waals surface area contributed by atoms with Crippen molar-refractivity contribution in [3.05, 3.63) is 58.9 Å². The predicted molar refractivity (Wildman–Crippen MR) is 104 cm³/mol. The number of amides is 2. The number of rotatable bonds is 6. The second-order valence-electron chi connectivity index (χ2n) is 7.27. The highest BCUT2D eigenvalue weighted by Crippen LogP contribution is 2.32. The molecule has 1 aromatic heterocycles. The number of fused-ring (bicyclic) bond motifs is 1. The third-order valence-corrected chi connectivity index (χ3v) is 4.90. The first-order valence-electron chi connectivity index (χ1n) is 9.29. The van der Waals surface area contributed by atoms with Crippen LogP contribution in [0.5, 0.6) is 0 Å². The van der Waals surface area contributed by atoms with Crippen LogP contribution in [-0.2, 0) is 24.1 Å². The molecule has 0 aliphatic heterocycles. The number of hydrogen-bond donors (Lipinski definition) is 3. The number of aryl methyl sites for hydroxylation is 2. The zero-order valence-corrected chi connectivity index (χ0v) is 15.7. The minimum Gasteiger partial charge on any atom is -0.480 e. The highest BCUT2D eigenvalue weighted by Gasteiger charge is 2.22. The van der Waals surface area contributed by atoms with Gasteiger partial charge in [0.2, 0.25) is 0 Å². The zero-order chi connectivity index (χ0) is 19.4. The molecule has 3 rings (SSSR count). The summed E-state index contributed by atoms with van der Waals surface area (Å²) in [6, 6.07) is 6.21. The van der Waals surface area contributed by atoms with E-state index < -0.39 is 18.0 Å². The maximum atomic E-state index is 12.5. The molecule has 6 heteroatoms. The summed E-state index contributed by atoms with van der Waals surface area (Å²) < 4.78 is 0. The van der Waals surface area contributed by atoms with Crippen LogP contribution in [0.25, 0.3) is 0 Å². The number of carbonyl (C=O) groups excluding carboxylic acids is 1. The summed E-state index contributed by atoms with van der Waals surface area (Å²) in [6.45, 7) is 4.17. The molecule has 2 amide bonds. The lowest BCUT2D eigenvalue weighted by Crippen LogP contribution is -2.44. The van der Waals surface area contributed by atoms with Crippen molar-refractivity contribution in [3.8, 4) is 0 Å². The lowest BCUT2D eigenvalue weighted by atomic mass is 9.96. The number of carboxylic acids is 1. The molecule has 1 atom stereocenters. The third kappa shape index (κ3) is 4.64. The highest BCUT2D eigenvalue weighted by atomic mass is 16.4. The molecule has 0 bridgehead atoms. The van der Waals surface area contributed by atoms with E-state index in [-0.39, 0.29) is 12.3 Å². The predicted octanol–water partition coefficient (Wildman–Crippen LogP) is 3.51. The Morgan fingerprint density at radius 2 is 1.96 bits per heavy atom. The number of aliphatic carboxylic acids is 1. The van der Waals surface area contributed by atoms with E-state index >= 15 is 0 Å². The number of benzene rings is 1. The minimum absolute atomic E-state index is 0.178. The fourth-order valence-corrected chi connectivity index (χ4v) is 3.50. The molecular formula is C21H25N3O3. The third-order valence-electron chi connectivity index (χ3n) is 4.90. The first-order chi connectivity index (χ1) is 12.9. The summed E-state index contributed by atoms with van der Waals surface area (Å²) in [5.41, 5.74) is 5.20. The van der Waals surface area contributed by atoms with Crippen LogP contribution in [0.3, 0.4) is 0 Å². The monoisotopic (exact) mass is 367 g/mol. The van der Waals surface area contributed by atoms with Crippen LogP contribution in [0.2, 0.25) is 0 Å². The quantitative estimate of drug-likeness (QED) is 0.729. The first-order valence-corrected chi connectivity index (χ1v) is 9.29. The molecule has 6 nitrogen and oxygen atoms in total. The van der Waals surface area contributed by atoms with Crippen LogP contribution in [-0.4, -0.2) is 28.1 Å². The maximum Gasteiger partial charge on any atom is 0.326 e. The van der Waals surface area contributed by atoms with Crippen molar-refractivity contribution in [2.45, 2.75) is 51.5 Å². The summed E-state index contributed by atoms with van der Waals surface area (Å²) in [4.78, 5) is 28.0. The minimum atomic E-state index is -1.08. The van der Waals surface area contributed by atoms with E-state index in [0.29, 0.717) is 0 Å². The molecule has 1 heterocycles. The number of nitrogens with zero attached hydrogens (tertiary/aromatic N) is 1. The largest absolute Gasteiger partial charge is 0.480 e. The molecule has 2 aromatic rings. The molecule has 142 valence electrons. The number of pyridine rings is 1. The number of nitrogens with one attached hydrogen (secondary N) is 2. The second kappa shape index (κ2) is 8.20. The van der Waals surface area contributed by atoms with E-state index in [4.69, 9.17) is 0 Å². The Labute approximate surface area is 159 Å². The number of carbonyl (C=O) groups is 2. The van der Waals surface area contributed by atoms with Gasteiger partial charge in [0.1, 0.15) is 6.04 Å². The Kier molecular flexibility index (Phi) is 5.74. The standard InChI is InChI=1S/C21H25N3O3/c1-13(2)17-10-15-6-3-7-16(15)11-18(17)23-21(27)24-19(20(25)26)9-14-5-4-8-22-12-14/h4-5,8,10-13,19H,3,6-7,9H2,1-2H3,(H,25,26)(H2,23,24,27). The van der Waals surface area contributed by atoms with Crippen molar-refractivity contribution in [3.63, 3.8) is 0 Å². The van der Waals surface area contributed by atoms with Crippen molar-refractivity contribution in [1.82, 2.24) is 10.3 Å². The van der Waals surface area contributed by atoms with Gasteiger partial charge in [-0.15, -0.1) is 0 Å². The van der Waals surface area contributed by atoms with Gasteiger partial charge in [-0.25, -0.2) is 9.59 Å². The summed E-state index contributed by atoms with van der Waals surface area (Å²) in [5, 5.41) is 14.9. The van der Waals surface area contributed by atoms with Gasteiger partial charge >= 0.3 is 12.0 Å². The zero-order valence-electron chi connectivity index (χ0n) is 15.7. The van der Waals surface area contributed by atoms with E-state index in [1.165, 1.54) is 11.1 Å². The van der Waals surface area contributed by atoms with Crippen molar-refractivity contribution in [2.75, 3.05) is 5.32 Å². The van der Waals surface area contributed by atoms with E-state index in [0.717, 1.165) is 36.1 Å². The summed E-state index contributed by atoms with van der Waals surface area (Å²) in [6.07, 6.45) is 6.64. The average Bonchev–Trinajstić information content (AvgIpc) is 3.08. The van der Waals surface area contributed by atoms with Crippen molar-refractivity contribution < 1.29 is 14.7 Å². The Balaban J connectivity index is 1.73. The van der Waals surface area contributed by atoms with Gasteiger partial charge < -0.3 is 15.7 Å². The molecule has 1 unspecified atom stereocenters. The van der Waals surface area contributed by atoms with Gasteiger partial charge in [0, 0.05) is 24.5 Å². The summed E-state index contributed by atoms with van der Waals surface area (Å²) in [7, 11) is 0. The van der Waals surface area contributed by atoms with Crippen LogP contribution < -0.4 is 10.6 Å². The van der Waals surface area contributed by atoms with Gasteiger partial charge in [0.05, 0.1) is 0 Å². The van der Waals surface area contributed by atoms with Gasteiger partial charge in [0.25, 0.3) is 0 Å². The Hall–Kier alpha value is -2.89. The molecule has 0 spiro atoms. The summed E-state index contributed by atoms with van der Waals surface area (Å²) in [5.74, 6) is -0.816. The number of hydrogen-bond acceptors (Lipinski definition) is 3. The van der Waals surface area contributed by atoms with E-state index in [1.807, 2.05) is 6.07 Å². The van der Waals surface area contributed by atoms with Crippen LogP contribution in [0.4, 0.5) is 10.5 Å². The lowest BCUT2D eigenvalue weighted by Gasteiger charge is -2.19. The lowest BCUT2D eigenvalue weighted by molar-refractivity contribution is -0.139. The normalized spacial score (nSPS) is 13.9. The van der Waals surface area contributed by atoms with Crippen molar-refractivity contribution >= 4 is 17.7 Å². The van der Waals surface area contributed by atoms with Crippen LogP contribution >= 0.6 is 0 Å². The van der Waals surface area contributed by atoms with E-state index in [2.05, 4.69) is 35.5 Å². The fourth-order valence-electron chi connectivity index (χ4n) is 3.50.